The summed E-state index contributed by atoms with van der Waals surface area (Å²) in [6.07, 6.45) is 5.86. The van der Waals surface area contributed by atoms with E-state index in [1.807, 2.05) is 6.92 Å². The van der Waals surface area contributed by atoms with Crippen molar-refractivity contribution in [3.8, 4) is 0 Å². The van der Waals surface area contributed by atoms with Crippen LogP contribution in [-0.4, -0.2) is 28.5 Å². The zero-order valence-corrected chi connectivity index (χ0v) is 12.1. The molecule has 1 saturated heterocycles. The van der Waals surface area contributed by atoms with E-state index in [1.165, 1.54) is 18.5 Å². The zero-order valence-electron chi connectivity index (χ0n) is 12.1. The smallest absolute Gasteiger partial charge is 0.0596 e. The SMILES string of the molecule is CCn1nc(C)cc1CC(CC1CCCCO1)NN. The van der Waals surface area contributed by atoms with Gasteiger partial charge in [-0.15, -0.1) is 0 Å². The third-order valence-corrected chi connectivity index (χ3v) is 3.80. The molecule has 0 spiro atoms. The second-order valence-corrected chi connectivity index (χ2v) is 5.38. The van der Waals surface area contributed by atoms with Gasteiger partial charge in [0, 0.05) is 31.3 Å². The van der Waals surface area contributed by atoms with Crippen LogP contribution in [0.1, 0.15) is 44.0 Å². The Hall–Kier alpha value is -0.910. The van der Waals surface area contributed by atoms with Crippen molar-refractivity contribution in [1.29, 1.82) is 0 Å². The summed E-state index contributed by atoms with van der Waals surface area (Å²) in [7, 11) is 0. The number of nitrogens with zero attached hydrogens (tertiary/aromatic N) is 2. The third-order valence-electron chi connectivity index (χ3n) is 3.80. The highest BCUT2D eigenvalue weighted by atomic mass is 16.5. The second-order valence-electron chi connectivity index (χ2n) is 5.38. The van der Waals surface area contributed by atoms with E-state index in [-0.39, 0.29) is 6.04 Å². The van der Waals surface area contributed by atoms with Crippen LogP contribution in [0.4, 0.5) is 0 Å². The normalized spacial score (nSPS) is 21.5. The molecule has 0 amide bonds. The van der Waals surface area contributed by atoms with Crippen LogP contribution in [0.15, 0.2) is 6.07 Å². The third kappa shape index (κ3) is 4.03. The minimum absolute atomic E-state index is 0.254. The Balaban J connectivity index is 1.93. The van der Waals surface area contributed by atoms with Gasteiger partial charge in [0.25, 0.3) is 0 Å². The average molecular weight is 266 g/mol. The van der Waals surface area contributed by atoms with Crippen LogP contribution >= 0.6 is 0 Å². The molecule has 2 heterocycles. The van der Waals surface area contributed by atoms with E-state index in [0.29, 0.717) is 6.10 Å². The second kappa shape index (κ2) is 7.03. The molecule has 2 unspecified atom stereocenters. The van der Waals surface area contributed by atoms with Crippen LogP contribution in [0, 0.1) is 6.92 Å². The van der Waals surface area contributed by atoms with E-state index in [2.05, 4.69) is 28.2 Å². The molecular formula is C14H26N4O. The minimum atomic E-state index is 0.254. The molecule has 0 bridgehead atoms. The maximum absolute atomic E-state index is 5.79. The standard InChI is InChI=1S/C14H26N4O/c1-3-18-13(8-11(2)17-18)9-12(16-15)10-14-6-4-5-7-19-14/h8,12,14,16H,3-7,9-10,15H2,1-2H3. The summed E-state index contributed by atoms with van der Waals surface area (Å²) in [5.74, 6) is 5.70. The first kappa shape index (κ1) is 14.5. The lowest BCUT2D eigenvalue weighted by molar-refractivity contribution is 0.00513. The highest BCUT2D eigenvalue weighted by Crippen LogP contribution is 2.18. The number of ether oxygens (including phenoxy) is 1. The van der Waals surface area contributed by atoms with E-state index in [9.17, 15) is 0 Å². The van der Waals surface area contributed by atoms with E-state index < -0.39 is 0 Å². The monoisotopic (exact) mass is 266 g/mol. The van der Waals surface area contributed by atoms with Crippen LogP contribution in [0.5, 0.6) is 0 Å². The molecule has 0 aliphatic carbocycles. The summed E-state index contributed by atoms with van der Waals surface area (Å²) >= 11 is 0. The lowest BCUT2D eigenvalue weighted by Gasteiger charge is -2.26. The number of hydrogen-bond donors (Lipinski definition) is 2. The van der Waals surface area contributed by atoms with Crippen LogP contribution in [0.25, 0.3) is 0 Å². The summed E-state index contributed by atoms with van der Waals surface area (Å²) in [6.45, 7) is 5.95. The molecule has 0 saturated carbocycles. The fourth-order valence-corrected chi connectivity index (χ4v) is 2.81. The highest BCUT2D eigenvalue weighted by Gasteiger charge is 2.20. The van der Waals surface area contributed by atoms with Gasteiger partial charge in [-0.05, 0) is 45.6 Å². The van der Waals surface area contributed by atoms with E-state index in [1.54, 1.807) is 0 Å². The molecule has 3 N–H and O–H groups in total. The van der Waals surface area contributed by atoms with Gasteiger partial charge in [-0.3, -0.25) is 16.0 Å². The Labute approximate surface area is 115 Å². The molecule has 2 atom stereocenters. The van der Waals surface area contributed by atoms with Gasteiger partial charge in [-0.1, -0.05) is 0 Å². The summed E-state index contributed by atoms with van der Waals surface area (Å²) in [5, 5.41) is 4.48. The lowest BCUT2D eigenvalue weighted by atomic mass is 9.99. The van der Waals surface area contributed by atoms with E-state index in [4.69, 9.17) is 10.6 Å². The number of aromatic nitrogens is 2. The molecule has 1 fully saturated rings. The molecular weight excluding hydrogens is 240 g/mol. The van der Waals surface area contributed by atoms with E-state index in [0.717, 1.165) is 38.1 Å². The average Bonchev–Trinajstić information content (AvgIpc) is 2.79. The quantitative estimate of drug-likeness (QED) is 0.605. The summed E-state index contributed by atoms with van der Waals surface area (Å²) in [5.41, 5.74) is 5.26. The molecule has 1 aliphatic rings. The number of nitrogens with one attached hydrogen (secondary N) is 1. The first-order valence-electron chi connectivity index (χ1n) is 7.34. The first-order chi connectivity index (χ1) is 9.22. The van der Waals surface area contributed by atoms with Gasteiger partial charge in [0.1, 0.15) is 0 Å². The number of hydrogen-bond acceptors (Lipinski definition) is 4. The Bertz CT molecular complexity index is 385. The largest absolute Gasteiger partial charge is 0.378 e. The molecule has 5 heteroatoms. The molecule has 2 rings (SSSR count). The fourth-order valence-electron chi connectivity index (χ4n) is 2.81. The molecule has 5 nitrogen and oxygen atoms in total. The van der Waals surface area contributed by atoms with Crippen LogP contribution in [0.2, 0.25) is 0 Å². The van der Waals surface area contributed by atoms with Gasteiger partial charge in [0.2, 0.25) is 0 Å². The number of aryl methyl sites for hydroxylation is 2. The number of rotatable bonds is 6. The number of nitrogens with two attached hydrogens (primary N) is 1. The summed E-state index contributed by atoms with van der Waals surface area (Å²) in [4.78, 5) is 0. The van der Waals surface area contributed by atoms with Gasteiger partial charge in [0.15, 0.2) is 0 Å². The topological polar surface area (TPSA) is 65.1 Å². The Morgan fingerprint density at radius 2 is 2.42 bits per heavy atom. The Kier molecular flexibility index (Phi) is 5.36. The first-order valence-corrected chi connectivity index (χ1v) is 7.34. The molecule has 0 aromatic carbocycles. The van der Waals surface area contributed by atoms with Crippen molar-refractivity contribution < 1.29 is 4.74 Å². The van der Waals surface area contributed by atoms with Gasteiger partial charge in [0.05, 0.1) is 11.8 Å². The van der Waals surface area contributed by atoms with E-state index >= 15 is 0 Å². The molecule has 1 aromatic heterocycles. The van der Waals surface area contributed by atoms with Crippen molar-refractivity contribution in [2.24, 2.45) is 5.84 Å². The van der Waals surface area contributed by atoms with Crippen LogP contribution < -0.4 is 11.3 Å². The Morgan fingerprint density at radius 1 is 1.58 bits per heavy atom. The van der Waals surface area contributed by atoms with Crippen molar-refractivity contribution >= 4 is 0 Å². The van der Waals surface area contributed by atoms with Crippen molar-refractivity contribution in [2.45, 2.75) is 64.6 Å². The lowest BCUT2D eigenvalue weighted by Crippen LogP contribution is -2.40. The molecule has 0 radical (unpaired) electrons. The van der Waals surface area contributed by atoms with Crippen molar-refractivity contribution in [2.75, 3.05) is 6.61 Å². The van der Waals surface area contributed by atoms with Crippen LogP contribution in [0.3, 0.4) is 0 Å². The maximum atomic E-state index is 5.79. The Morgan fingerprint density at radius 3 is 3.05 bits per heavy atom. The predicted octanol–water partition coefficient (Wildman–Crippen LogP) is 1.55. The highest BCUT2D eigenvalue weighted by molar-refractivity contribution is 5.10. The van der Waals surface area contributed by atoms with Crippen molar-refractivity contribution in [3.63, 3.8) is 0 Å². The van der Waals surface area contributed by atoms with Crippen LogP contribution in [-0.2, 0) is 17.7 Å². The fraction of sp³-hybridized carbons (Fsp3) is 0.786. The van der Waals surface area contributed by atoms with Crippen molar-refractivity contribution in [3.05, 3.63) is 17.5 Å². The predicted molar refractivity (Wildman–Crippen MR) is 75.7 cm³/mol. The summed E-state index contributed by atoms with van der Waals surface area (Å²) in [6, 6.07) is 2.40. The van der Waals surface area contributed by atoms with Gasteiger partial charge in [-0.25, -0.2) is 0 Å². The molecule has 108 valence electrons. The van der Waals surface area contributed by atoms with Gasteiger partial charge in [-0.2, -0.15) is 5.10 Å². The molecule has 1 aromatic rings. The minimum Gasteiger partial charge on any atom is -0.378 e. The maximum Gasteiger partial charge on any atom is 0.0596 e. The number of hydrazine groups is 1. The molecule has 19 heavy (non-hydrogen) atoms. The van der Waals surface area contributed by atoms with Gasteiger partial charge >= 0.3 is 0 Å². The molecule has 1 aliphatic heterocycles. The zero-order chi connectivity index (χ0) is 13.7. The van der Waals surface area contributed by atoms with Crippen molar-refractivity contribution in [1.82, 2.24) is 15.2 Å². The summed E-state index contributed by atoms with van der Waals surface area (Å²) < 4.78 is 7.85. The van der Waals surface area contributed by atoms with Gasteiger partial charge < -0.3 is 4.74 Å².